The molecule has 11 heteroatoms. The Morgan fingerprint density at radius 2 is 1.52 bits per heavy atom. The molecule has 0 aliphatic carbocycles. The minimum Gasteiger partial charge on any atom is -0.356 e. The van der Waals surface area contributed by atoms with Gasteiger partial charge in [-0.1, -0.05) is 0 Å². The van der Waals surface area contributed by atoms with Crippen molar-refractivity contribution in [2.75, 3.05) is 61.4 Å². The van der Waals surface area contributed by atoms with Crippen molar-refractivity contribution in [1.29, 1.82) is 0 Å². The Morgan fingerprint density at radius 3 is 2.16 bits per heavy atom. The highest BCUT2D eigenvalue weighted by Crippen LogP contribution is 2.22. The maximum absolute atomic E-state index is 12.8. The van der Waals surface area contributed by atoms with E-state index in [1.165, 1.54) is 17.1 Å². The molecule has 0 spiro atoms. The first-order chi connectivity index (χ1) is 14.8. The van der Waals surface area contributed by atoms with Crippen LogP contribution in [0.3, 0.4) is 0 Å². The molecule has 0 saturated carbocycles. The fourth-order valence-electron chi connectivity index (χ4n) is 4.34. The van der Waals surface area contributed by atoms with Crippen molar-refractivity contribution in [3.05, 3.63) is 11.8 Å². The van der Waals surface area contributed by atoms with Gasteiger partial charge in [-0.15, -0.1) is 0 Å². The molecule has 0 unspecified atom stereocenters. The van der Waals surface area contributed by atoms with Gasteiger partial charge in [-0.05, 0) is 26.2 Å². The SMILES string of the molecule is Cc1cc(N2CCCC2)nc(N2CCN(S(=O)(=O)CCN3C(=O)CCCC3=O)CC2)n1. The summed E-state index contributed by atoms with van der Waals surface area (Å²) in [6.45, 7) is 5.57. The van der Waals surface area contributed by atoms with Crippen LogP contribution in [0.15, 0.2) is 6.07 Å². The monoisotopic (exact) mass is 450 g/mol. The van der Waals surface area contributed by atoms with Gasteiger partial charge in [0.1, 0.15) is 5.82 Å². The van der Waals surface area contributed by atoms with Crippen LogP contribution in [0, 0.1) is 6.92 Å². The molecule has 0 aromatic carbocycles. The molecule has 0 bridgehead atoms. The number of rotatable bonds is 6. The van der Waals surface area contributed by atoms with Crippen LogP contribution in [0.2, 0.25) is 0 Å². The molecule has 3 aliphatic heterocycles. The van der Waals surface area contributed by atoms with Gasteiger partial charge in [-0.2, -0.15) is 9.29 Å². The molecule has 2 amide bonds. The van der Waals surface area contributed by atoms with Crippen LogP contribution in [0.1, 0.15) is 37.8 Å². The van der Waals surface area contributed by atoms with Crippen molar-refractivity contribution in [1.82, 2.24) is 19.2 Å². The first-order valence-corrected chi connectivity index (χ1v) is 12.6. The number of nitrogens with zero attached hydrogens (tertiary/aromatic N) is 6. The van der Waals surface area contributed by atoms with Gasteiger partial charge < -0.3 is 9.80 Å². The van der Waals surface area contributed by atoms with Crippen molar-refractivity contribution in [2.24, 2.45) is 0 Å². The smallest absolute Gasteiger partial charge is 0.229 e. The lowest BCUT2D eigenvalue weighted by Gasteiger charge is -2.35. The van der Waals surface area contributed by atoms with Gasteiger partial charge >= 0.3 is 0 Å². The fourth-order valence-corrected chi connectivity index (χ4v) is 5.73. The van der Waals surface area contributed by atoms with Crippen molar-refractivity contribution >= 4 is 33.6 Å². The van der Waals surface area contributed by atoms with Gasteiger partial charge in [0, 0.05) is 70.4 Å². The topological polar surface area (TPSA) is 107 Å². The van der Waals surface area contributed by atoms with E-state index >= 15 is 0 Å². The Hall–Kier alpha value is -2.27. The first-order valence-electron chi connectivity index (χ1n) is 11.0. The van der Waals surface area contributed by atoms with E-state index < -0.39 is 10.0 Å². The summed E-state index contributed by atoms with van der Waals surface area (Å²) in [6.07, 6.45) is 3.50. The van der Waals surface area contributed by atoms with Crippen LogP contribution >= 0.6 is 0 Å². The van der Waals surface area contributed by atoms with Crippen LogP contribution < -0.4 is 9.80 Å². The Morgan fingerprint density at radius 1 is 0.871 bits per heavy atom. The first kappa shape index (κ1) is 21.9. The van der Waals surface area contributed by atoms with E-state index in [-0.39, 0.29) is 24.1 Å². The summed E-state index contributed by atoms with van der Waals surface area (Å²) in [7, 11) is -3.55. The van der Waals surface area contributed by atoms with Gasteiger partial charge in [-0.25, -0.2) is 13.4 Å². The molecule has 31 heavy (non-hydrogen) atoms. The predicted molar refractivity (Wildman–Crippen MR) is 116 cm³/mol. The molecular formula is C20H30N6O4S. The minimum atomic E-state index is -3.55. The van der Waals surface area contributed by atoms with Gasteiger partial charge in [0.05, 0.1) is 5.75 Å². The van der Waals surface area contributed by atoms with E-state index in [1.54, 1.807) is 0 Å². The predicted octanol–water partition coefficient (Wildman–Crippen LogP) is 0.376. The average molecular weight is 451 g/mol. The maximum Gasteiger partial charge on any atom is 0.229 e. The number of carbonyl (C=O) groups excluding carboxylic acids is 2. The standard InChI is InChI=1S/C20H30N6O4S/c1-16-15-17(23-7-2-3-8-23)22-20(21-16)24-9-11-25(12-10-24)31(29,30)14-13-26-18(27)5-4-6-19(26)28/h15H,2-14H2,1H3. The van der Waals surface area contributed by atoms with Crippen LogP contribution in [-0.2, 0) is 19.6 Å². The molecule has 4 heterocycles. The molecule has 1 aromatic rings. The van der Waals surface area contributed by atoms with E-state index in [9.17, 15) is 18.0 Å². The largest absolute Gasteiger partial charge is 0.356 e. The van der Waals surface area contributed by atoms with Gasteiger partial charge in [0.25, 0.3) is 0 Å². The van der Waals surface area contributed by atoms with E-state index in [0.717, 1.165) is 29.5 Å². The number of anilines is 2. The van der Waals surface area contributed by atoms with Crippen molar-refractivity contribution in [3.8, 4) is 0 Å². The third-order valence-electron chi connectivity index (χ3n) is 6.13. The zero-order valence-corrected chi connectivity index (χ0v) is 18.8. The highest BCUT2D eigenvalue weighted by Gasteiger charge is 2.31. The molecule has 4 rings (SSSR count). The number of carbonyl (C=O) groups is 2. The Labute approximate surface area is 183 Å². The number of aryl methyl sites for hydroxylation is 1. The summed E-state index contributed by atoms with van der Waals surface area (Å²) < 4.78 is 27.0. The van der Waals surface area contributed by atoms with Crippen molar-refractivity contribution in [3.63, 3.8) is 0 Å². The molecule has 0 radical (unpaired) electrons. The van der Waals surface area contributed by atoms with Gasteiger partial charge in [0.15, 0.2) is 0 Å². The van der Waals surface area contributed by atoms with Crippen LogP contribution in [0.4, 0.5) is 11.8 Å². The highest BCUT2D eigenvalue weighted by molar-refractivity contribution is 7.89. The average Bonchev–Trinajstić information content (AvgIpc) is 3.28. The van der Waals surface area contributed by atoms with Gasteiger partial charge in [0.2, 0.25) is 27.8 Å². The molecule has 170 valence electrons. The fraction of sp³-hybridized carbons (Fsp3) is 0.700. The van der Waals surface area contributed by atoms with E-state index in [1.807, 2.05) is 17.9 Å². The summed E-state index contributed by atoms with van der Waals surface area (Å²) in [5.41, 5.74) is 0.901. The molecule has 3 fully saturated rings. The third kappa shape index (κ3) is 4.98. The van der Waals surface area contributed by atoms with Crippen molar-refractivity contribution < 1.29 is 18.0 Å². The molecule has 3 aliphatic rings. The van der Waals surface area contributed by atoms with Crippen LogP contribution in [0.5, 0.6) is 0 Å². The van der Waals surface area contributed by atoms with Gasteiger partial charge in [-0.3, -0.25) is 14.5 Å². The molecule has 0 N–H and O–H groups in total. The molecule has 10 nitrogen and oxygen atoms in total. The minimum absolute atomic E-state index is 0.0690. The summed E-state index contributed by atoms with van der Waals surface area (Å²) >= 11 is 0. The molecule has 1 aromatic heterocycles. The number of likely N-dealkylation sites (tertiary alicyclic amines) is 1. The van der Waals surface area contributed by atoms with E-state index in [0.29, 0.717) is 51.4 Å². The van der Waals surface area contributed by atoms with E-state index in [2.05, 4.69) is 9.88 Å². The number of aromatic nitrogens is 2. The normalized spacial score (nSPS) is 21.3. The number of amides is 2. The maximum atomic E-state index is 12.8. The number of hydrogen-bond acceptors (Lipinski definition) is 8. The van der Waals surface area contributed by atoms with E-state index in [4.69, 9.17) is 4.98 Å². The Balaban J connectivity index is 1.36. The zero-order valence-electron chi connectivity index (χ0n) is 18.0. The van der Waals surface area contributed by atoms with Crippen LogP contribution in [-0.4, -0.2) is 91.0 Å². The second kappa shape index (κ2) is 9.07. The lowest BCUT2D eigenvalue weighted by molar-refractivity contribution is -0.147. The number of sulfonamides is 1. The van der Waals surface area contributed by atoms with Crippen molar-refractivity contribution in [2.45, 2.75) is 39.0 Å². The second-order valence-corrected chi connectivity index (χ2v) is 10.4. The Bertz CT molecular complexity index is 923. The highest BCUT2D eigenvalue weighted by atomic mass is 32.2. The molecule has 3 saturated heterocycles. The third-order valence-corrected chi connectivity index (χ3v) is 7.98. The Kier molecular flexibility index (Phi) is 6.42. The number of imide groups is 1. The number of hydrogen-bond donors (Lipinski definition) is 0. The number of piperidine rings is 1. The lowest BCUT2D eigenvalue weighted by Crippen LogP contribution is -2.51. The molecule has 0 atom stereocenters. The summed E-state index contributed by atoms with van der Waals surface area (Å²) in [4.78, 5) is 38.5. The number of piperazine rings is 1. The summed E-state index contributed by atoms with van der Waals surface area (Å²) in [5, 5.41) is 0. The quantitative estimate of drug-likeness (QED) is 0.573. The molecular weight excluding hydrogens is 420 g/mol. The summed E-state index contributed by atoms with van der Waals surface area (Å²) in [5.74, 6) is 0.794. The van der Waals surface area contributed by atoms with Crippen LogP contribution in [0.25, 0.3) is 0 Å². The lowest BCUT2D eigenvalue weighted by atomic mass is 10.1. The summed E-state index contributed by atoms with van der Waals surface area (Å²) in [6, 6.07) is 2.00. The second-order valence-electron chi connectivity index (χ2n) is 8.36. The zero-order chi connectivity index (χ0) is 22.0.